The van der Waals surface area contributed by atoms with Crippen LogP contribution in [0, 0.1) is 5.92 Å². The summed E-state index contributed by atoms with van der Waals surface area (Å²) in [5.74, 6) is 0.533. The number of halogens is 2. The first-order chi connectivity index (χ1) is 17.9. The topological polar surface area (TPSA) is 74.8 Å². The number of hydrogen-bond donors (Lipinski definition) is 1. The molecule has 37 heavy (non-hydrogen) atoms. The number of methoxy groups -OCH3 is 1. The molecule has 2 heterocycles. The molecular weight excluding hydrogens is 531 g/mol. The van der Waals surface area contributed by atoms with E-state index in [2.05, 4.69) is 34.6 Å². The van der Waals surface area contributed by atoms with Gasteiger partial charge in [0.25, 0.3) is 5.91 Å². The Hall–Kier alpha value is -2.65. The van der Waals surface area contributed by atoms with Crippen molar-refractivity contribution in [1.82, 2.24) is 14.8 Å². The smallest absolute Gasteiger partial charge is 0.322 e. The number of piperidine rings is 1. The molecule has 3 amide bonds. The molecule has 4 rings (SSSR count). The number of benzene rings is 2. The second kappa shape index (κ2) is 13.2. The Bertz CT molecular complexity index is 1200. The van der Waals surface area contributed by atoms with E-state index in [1.807, 2.05) is 11.0 Å². The first-order valence-electron chi connectivity index (χ1n) is 12.2. The molecule has 196 valence electrons. The molecule has 0 saturated carbocycles. The van der Waals surface area contributed by atoms with Crippen LogP contribution in [0.25, 0.3) is 0 Å². The van der Waals surface area contributed by atoms with Crippen molar-refractivity contribution < 1.29 is 14.3 Å². The van der Waals surface area contributed by atoms with Crippen molar-refractivity contribution in [2.24, 2.45) is 5.92 Å². The van der Waals surface area contributed by atoms with E-state index >= 15 is 0 Å². The minimum Gasteiger partial charge on any atom is -0.383 e. The molecular formula is C27H30Cl2N4O3S. The number of anilines is 1. The fraction of sp³-hybridized carbons (Fsp3) is 0.370. The number of hydrogen-bond acceptors (Lipinski definition) is 5. The highest BCUT2D eigenvalue weighted by molar-refractivity contribution is 7.09. The number of urea groups is 1. The fourth-order valence-electron chi connectivity index (χ4n) is 4.32. The molecule has 0 spiro atoms. The molecule has 0 bridgehead atoms. The SMILES string of the molecule is COCCN(Cc1nc(C(=O)N2CCC(Cc3ccccc3)CC2)cs1)C(=O)Nc1ccc(Cl)c(Cl)c1. The molecule has 1 aliphatic rings. The molecule has 1 fully saturated rings. The quantitative estimate of drug-likeness (QED) is 0.336. The van der Waals surface area contributed by atoms with Gasteiger partial charge in [-0.2, -0.15) is 0 Å². The lowest BCUT2D eigenvalue weighted by atomic mass is 9.90. The van der Waals surface area contributed by atoms with Gasteiger partial charge in [0, 0.05) is 37.8 Å². The van der Waals surface area contributed by atoms with Gasteiger partial charge in [-0.25, -0.2) is 9.78 Å². The molecule has 3 aromatic rings. The maximum Gasteiger partial charge on any atom is 0.322 e. The molecule has 7 nitrogen and oxygen atoms in total. The maximum absolute atomic E-state index is 13.1. The average Bonchev–Trinajstić information content (AvgIpc) is 3.38. The molecule has 0 radical (unpaired) electrons. The van der Waals surface area contributed by atoms with E-state index in [4.69, 9.17) is 27.9 Å². The van der Waals surface area contributed by atoms with Crippen LogP contribution in [-0.4, -0.2) is 60.1 Å². The van der Waals surface area contributed by atoms with Gasteiger partial charge in [-0.3, -0.25) is 4.79 Å². The molecule has 1 saturated heterocycles. The van der Waals surface area contributed by atoms with E-state index in [-0.39, 0.29) is 18.5 Å². The first-order valence-corrected chi connectivity index (χ1v) is 13.8. The molecule has 0 unspecified atom stereocenters. The number of nitrogens with one attached hydrogen (secondary N) is 1. The van der Waals surface area contributed by atoms with Crippen molar-refractivity contribution in [3.63, 3.8) is 0 Å². The Labute approximate surface area is 231 Å². The molecule has 0 aliphatic carbocycles. The van der Waals surface area contributed by atoms with E-state index in [0.717, 1.165) is 32.4 Å². The summed E-state index contributed by atoms with van der Waals surface area (Å²) in [6.45, 7) is 2.45. The van der Waals surface area contributed by atoms with Gasteiger partial charge < -0.3 is 19.9 Å². The molecule has 10 heteroatoms. The standard InChI is InChI=1S/C27H30Cl2N4O3S/c1-36-14-13-33(27(35)30-21-7-8-22(28)23(29)16-21)17-25-31-24(18-37-25)26(34)32-11-9-20(10-12-32)15-19-5-3-2-4-6-19/h2-8,16,18,20H,9-15,17H2,1H3,(H,30,35). The number of aromatic nitrogens is 1. The average molecular weight is 562 g/mol. The molecule has 1 N–H and O–H groups in total. The summed E-state index contributed by atoms with van der Waals surface area (Å²) in [4.78, 5) is 34.1. The van der Waals surface area contributed by atoms with Gasteiger partial charge in [-0.15, -0.1) is 11.3 Å². The third-order valence-electron chi connectivity index (χ3n) is 6.39. The van der Waals surface area contributed by atoms with Crippen LogP contribution in [0.2, 0.25) is 10.0 Å². The van der Waals surface area contributed by atoms with Crippen molar-refractivity contribution in [2.75, 3.05) is 38.7 Å². The summed E-state index contributed by atoms with van der Waals surface area (Å²) in [7, 11) is 1.58. The second-order valence-corrected chi connectivity index (χ2v) is 10.8. The van der Waals surface area contributed by atoms with Gasteiger partial charge in [-0.05, 0) is 48.9 Å². The summed E-state index contributed by atoms with van der Waals surface area (Å²) in [6.07, 6.45) is 3.01. The first kappa shape index (κ1) is 27.4. The number of amides is 3. The van der Waals surface area contributed by atoms with E-state index in [9.17, 15) is 9.59 Å². The lowest BCUT2D eigenvalue weighted by Crippen LogP contribution is -2.39. The van der Waals surface area contributed by atoms with Gasteiger partial charge in [0.15, 0.2) is 0 Å². The van der Waals surface area contributed by atoms with Crippen molar-refractivity contribution in [3.05, 3.63) is 80.2 Å². The Morgan fingerprint density at radius 2 is 1.89 bits per heavy atom. The predicted molar refractivity (Wildman–Crippen MR) is 149 cm³/mol. The third-order valence-corrected chi connectivity index (χ3v) is 7.96. The van der Waals surface area contributed by atoms with Gasteiger partial charge in [0.05, 0.1) is 23.2 Å². The van der Waals surface area contributed by atoms with Gasteiger partial charge >= 0.3 is 6.03 Å². The number of carbonyl (C=O) groups excluding carboxylic acids is 2. The normalized spacial score (nSPS) is 14.0. The molecule has 1 aromatic heterocycles. The van der Waals surface area contributed by atoms with Crippen LogP contribution in [-0.2, 0) is 17.7 Å². The zero-order chi connectivity index (χ0) is 26.2. The van der Waals surface area contributed by atoms with Gasteiger partial charge in [0.2, 0.25) is 0 Å². The van der Waals surface area contributed by atoms with Gasteiger partial charge in [0.1, 0.15) is 10.7 Å². The van der Waals surface area contributed by atoms with Crippen LogP contribution in [0.1, 0.15) is 33.9 Å². The maximum atomic E-state index is 13.1. The Kier molecular flexibility index (Phi) is 9.80. The number of nitrogens with zero attached hydrogens (tertiary/aromatic N) is 3. The van der Waals surface area contributed by atoms with Crippen LogP contribution in [0.3, 0.4) is 0 Å². The van der Waals surface area contributed by atoms with Crippen LogP contribution >= 0.6 is 34.5 Å². The third kappa shape index (κ3) is 7.68. The minimum atomic E-state index is -0.320. The number of ether oxygens (including phenoxy) is 1. The van der Waals surface area contributed by atoms with Crippen molar-refractivity contribution in [3.8, 4) is 0 Å². The Balaban J connectivity index is 1.33. The summed E-state index contributed by atoms with van der Waals surface area (Å²) in [6, 6.07) is 15.1. The van der Waals surface area contributed by atoms with E-state index in [0.29, 0.717) is 45.5 Å². The summed E-state index contributed by atoms with van der Waals surface area (Å²) in [5, 5.41) is 6.06. The number of thiazole rings is 1. The van der Waals surface area contributed by atoms with E-state index in [1.165, 1.54) is 16.9 Å². The zero-order valence-corrected chi connectivity index (χ0v) is 23.0. The zero-order valence-electron chi connectivity index (χ0n) is 20.7. The number of likely N-dealkylation sites (tertiary alicyclic amines) is 1. The van der Waals surface area contributed by atoms with Crippen molar-refractivity contribution >= 4 is 52.2 Å². The highest BCUT2D eigenvalue weighted by atomic mass is 35.5. The van der Waals surface area contributed by atoms with Crippen LogP contribution < -0.4 is 5.32 Å². The van der Waals surface area contributed by atoms with Crippen molar-refractivity contribution in [1.29, 1.82) is 0 Å². The van der Waals surface area contributed by atoms with Crippen LogP contribution in [0.15, 0.2) is 53.9 Å². The van der Waals surface area contributed by atoms with Crippen LogP contribution in [0.5, 0.6) is 0 Å². The second-order valence-electron chi connectivity index (χ2n) is 9.03. The van der Waals surface area contributed by atoms with Crippen molar-refractivity contribution in [2.45, 2.75) is 25.8 Å². The lowest BCUT2D eigenvalue weighted by molar-refractivity contribution is 0.0685. The molecule has 2 aromatic carbocycles. The van der Waals surface area contributed by atoms with E-state index in [1.54, 1.807) is 35.6 Å². The van der Waals surface area contributed by atoms with Gasteiger partial charge in [-0.1, -0.05) is 53.5 Å². The number of carbonyl (C=O) groups is 2. The highest BCUT2D eigenvalue weighted by Gasteiger charge is 2.26. The van der Waals surface area contributed by atoms with E-state index < -0.39 is 0 Å². The molecule has 0 atom stereocenters. The Morgan fingerprint density at radius 3 is 2.59 bits per heavy atom. The number of rotatable bonds is 9. The monoisotopic (exact) mass is 560 g/mol. The van der Waals surface area contributed by atoms with Crippen LogP contribution in [0.4, 0.5) is 10.5 Å². The molecule has 1 aliphatic heterocycles. The predicted octanol–water partition coefficient (Wildman–Crippen LogP) is 6.23. The Morgan fingerprint density at radius 1 is 1.14 bits per heavy atom. The lowest BCUT2D eigenvalue weighted by Gasteiger charge is -2.31. The minimum absolute atomic E-state index is 0.0515. The highest BCUT2D eigenvalue weighted by Crippen LogP contribution is 2.26. The summed E-state index contributed by atoms with van der Waals surface area (Å²) >= 11 is 13.4. The summed E-state index contributed by atoms with van der Waals surface area (Å²) < 4.78 is 5.18. The largest absolute Gasteiger partial charge is 0.383 e. The fourth-order valence-corrected chi connectivity index (χ4v) is 5.41. The summed E-state index contributed by atoms with van der Waals surface area (Å²) in [5.41, 5.74) is 2.31.